The van der Waals surface area contributed by atoms with Crippen molar-refractivity contribution in [3.63, 3.8) is 0 Å². The van der Waals surface area contributed by atoms with Crippen LogP contribution in [-0.2, 0) is 46.6 Å². The van der Waals surface area contributed by atoms with E-state index in [2.05, 4.69) is 53.4 Å². The average molecular weight is 628 g/mol. The highest BCUT2D eigenvalue weighted by Crippen LogP contribution is 2.30. The molecule has 2 heterocycles. The zero-order chi connectivity index (χ0) is 32.6. The lowest BCUT2D eigenvalue weighted by atomic mass is 9.82. The second-order valence-electron chi connectivity index (χ2n) is 13.2. The van der Waals surface area contributed by atoms with Gasteiger partial charge in [-0.15, -0.1) is 0 Å². The van der Waals surface area contributed by atoms with Gasteiger partial charge in [0.15, 0.2) is 0 Å². The van der Waals surface area contributed by atoms with E-state index < -0.39 is 6.04 Å². The third-order valence-corrected chi connectivity index (χ3v) is 10.3. The van der Waals surface area contributed by atoms with Gasteiger partial charge in [-0.2, -0.15) is 0 Å². The van der Waals surface area contributed by atoms with Crippen molar-refractivity contribution in [1.29, 1.82) is 0 Å². The Morgan fingerprint density at radius 3 is 2.37 bits per heavy atom. The molecule has 3 amide bonds. The Morgan fingerprint density at radius 2 is 1.70 bits per heavy atom. The van der Waals surface area contributed by atoms with Crippen LogP contribution in [0.4, 0.5) is 0 Å². The number of piperazine rings is 1. The fourth-order valence-corrected chi connectivity index (χ4v) is 7.85. The number of nitrogens with one attached hydrogen (secondary N) is 3. The molecule has 248 valence electrons. The molecule has 2 aliphatic rings. The van der Waals surface area contributed by atoms with Crippen molar-refractivity contribution in [1.82, 2.24) is 25.4 Å². The lowest BCUT2D eigenvalue weighted by Gasteiger charge is -2.42. The fourth-order valence-electron chi connectivity index (χ4n) is 7.85. The van der Waals surface area contributed by atoms with E-state index >= 15 is 0 Å². The highest BCUT2D eigenvalue weighted by molar-refractivity contribution is 5.99. The quantitative estimate of drug-likeness (QED) is 0.253. The molecular weight excluding hydrogens is 574 g/mol. The number of H-pyrrole nitrogens is 1. The second-order valence-corrected chi connectivity index (χ2v) is 13.2. The molecule has 8 heteroatoms. The Morgan fingerprint density at radius 1 is 0.978 bits per heavy atom. The van der Waals surface area contributed by atoms with Crippen LogP contribution in [0.1, 0.15) is 87.6 Å². The van der Waals surface area contributed by atoms with Gasteiger partial charge in [-0.3, -0.25) is 24.2 Å². The van der Waals surface area contributed by atoms with E-state index in [0.717, 1.165) is 60.9 Å². The highest BCUT2D eigenvalue weighted by atomic mass is 16.2. The molecule has 1 aliphatic carbocycles. The van der Waals surface area contributed by atoms with Gasteiger partial charge in [0.1, 0.15) is 6.04 Å². The van der Waals surface area contributed by atoms with Gasteiger partial charge in [0, 0.05) is 56.1 Å². The number of carbonyl (C=O) groups excluding carboxylic acids is 3. The molecule has 2 fully saturated rings. The molecule has 0 spiro atoms. The second kappa shape index (κ2) is 15.9. The molecule has 2 unspecified atom stereocenters. The number of aromatic amines is 1. The lowest BCUT2D eigenvalue weighted by Crippen LogP contribution is -2.58. The van der Waals surface area contributed by atoms with Crippen LogP contribution in [0.3, 0.4) is 0 Å². The van der Waals surface area contributed by atoms with Crippen LogP contribution in [0.25, 0.3) is 10.9 Å². The summed E-state index contributed by atoms with van der Waals surface area (Å²) in [6.07, 6.45) is 11.2. The number of rotatable bonds is 12. The number of aryl methyl sites for hydroxylation is 2. The number of amides is 3. The van der Waals surface area contributed by atoms with Gasteiger partial charge in [-0.1, -0.05) is 70.4 Å². The van der Waals surface area contributed by atoms with Gasteiger partial charge in [-0.05, 0) is 71.9 Å². The van der Waals surface area contributed by atoms with Crippen molar-refractivity contribution in [3.8, 4) is 0 Å². The Kier molecular flexibility index (Phi) is 11.7. The molecule has 46 heavy (non-hydrogen) atoms. The van der Waals surface area contributed by atoms with Crippen molar-refractivity contribution < 1.29 is 14.4 Å². The first kappa shape index (κ1) is 33.9. The van der Waals surface area contributed by atoms with E-state index in [1.54, 1.807) is 0 Å². The van der Waals surface area contributed by atoms with Crippen LogP contribution >= 0.6 is 0 Å². The minimum Gasteiger partial charge on any atom is -0.361 e. The molecule has 3 aromatic rings. The normalized spacial score (nSPS) is 18.4. The summed E-state index contributed by atoms with van der Waals surface area (Å²) >= 11 is 0. The first-order valence-corrected chi connectivity index (χ1v) is 17.6. The van der Waals surface area contributed by atoms with E-state index in [9.17, 15) is 14.4 Å². The van der Waals surface area contributed by atoms with Crippen molar-refractivity contribution in [2.45, 2.75) is 104 Å². The summed E-state index contributed by atoms with van der Waals surface area (Å²) < 4.78 is 0. The van der Waals surface area contributed by atoms with Gasteiger partial charge in [0.25, 0.3) is 5.91 Å². The largest absolute Gasteiger partial charge is 0.361 e. The maximum atomic E-state index is 14.4. The van der Waals surface area contributed by atoms with Gasteiger partial charge in [-0.25, -0.2) is 0 Å². The molecule has 1 aliphatic heterocycles. The van der Waals surface area contributed by atoms with Crippen LogP contribution in [0.15, 0.2) is 42.6 Å². The van der Waals surface area contributed by atoms with E-state index in [0.29, 0.717) is 18.4 Å². The van der Waals surface area contributed by atoms with Crippen molar-refractivity contribution >= 4 is 28.6 Å². The van der Waals surface area contributed by atoms with Crippen molar-refractivity contribution in [2.24, 2.45) is 5.92 Å². The van der Waals surface area contributed by atoms with Crippen LogP contribution < -0.4 is 10.6 Å². The van der Waals surface area contributed by atoms with Crippen LogP contribution in [0, 0.1) is 5.92 Å². The third kappa shape index (κ3) is 7.89. The number of carbonyl (C=O) groups is 3. The average Bonchev–Trinajstić information content (AvgIpc) is 3.49. The maximum Gasteiger partial charge on any atom is 0.252 e. The summed E-state index contributed by atoms with van der Waals surface area (Å²) in [4.78, 5) is 48.3. The Labute approximate surface area is 274 Å². The Bertz CT molecular complexity index is 1480. The zero-order valence-corrected chi connectivity index (χ0v) is 28.3. The van der Waals surface area contributed by atoms with Crippen molar-refractivity contribution in [3.05, 3.63) is 70.4 Å². The first-order chi connectivity index (χ1) is 22.3. The van der Waals surface area contributed by atoms with Gasteiger partial charge < -0.3 is 15.6 Å². The monoisotopic (exact) mass is 627 g/mol. The van der Waals surface area contributed by atoms with Crippen LogP contribution in [-0.4, -0.2) is 70.8 Å². The SMILES string of the molecule is CCc1cc(CN(C(C)=O)C(=O)C(Cc2c[nH]c3ccccc23)NC(=O)CN2CCNCC2C2CCCCC2)cc(CC)c1CC. The summed E-state index contributed by atoms with van der Waals surface area (Å²) in [5.41, 5.74) is 6.75. The van der Waals surface area contributed by atoms with E-state index in [1.807, 2.05) is 30.5 Å². The molecule has 1 saturated heterocycles. The number of para-hydroxylation sites is 1. The van der Waals surface area contributed by atoms with Gasteiger partial charge in [0.2, 0.25) is 11.8 Å². The summed E-state index contributed by atoms with van der Waals surface area (Å²) in [6, 6.07) is 11.7. The molecule has 1 saturated carbocycles. The van der Waals surface area contributed by atoms with Gasteiger partial charge >= 0.3 is 0 Å². The highest BCUT2D eigenvalue weighted by Gasteiger charge is 2.34. The van der Waals surface area contributed by atoms with Crippen molar-refractivity contribution in [2.75, 3.05) is 26.2 Å². The predicted molar refractivity (Wildman–Crippen MR) is 185 cm³/mol. The molecule has 2 atom stereocenters. The minimum absolute atomic E-state index is 0.168. The third-order valence-electron chi connectivity index (χ3n) is 10.3. The first-order valence-electron chi connectivity index (χ1n) is 17.6. The number of imide groups is 1. The minimum atomic E-state index is -0.877. The van der Waals surface area contributed by atoms with E-state index in [4.69, 9.17) is 0 Å². The number of hydrogen-bond donors (Lipinski definition) is 3. The Balaban J connectivity index is 1.40. The number of hydrogen-bond acceptors (Lipinski definition) is 5. The molecular formula is C38H53N5O3. The molecule has 2 aromatic carbocycles. The van der Waals surface area contributed by atoms with E-state index in [-0.39, 0.29) is 30.8 Å². The molecule has 3 N–H and O–H groups in total. The van der Waals surface area contributed by atoms with Crippen LogP contribution in [0.5, 0.6) is 0 Å². The van der Waals surface area contributed by atoms with Gasteiger partial charge in [0.05, 0.1) is 13.1 Å². The number of fused-ring (bicyclic) bond motifs is 1. The fraction of sp³-hybridized carbons (Fsp3) is 0.553. The summed E-state index contributed by atoms with van der Waals surface area (Å²) in [6.45, 7) is 10.9. The molecule has 8 nitrogen and oxygen atoms in total. The number of benzene rings is 2. The summed E-state index contributed by atoms with van der Waals surface area (Å²) in [5.74, 6) is -0.270. The smallest absolute Gasteiger partial charge is 0.252 e. The molecule has 0 bridgehead atoms. The lowest BCUT2D eigenvalue weighted by molar-refractivity contribution is -0.147. The van der Waals surface area contributed by atoms with Crippen LogP contribution in [0.2, 0.25) is 0 Å². The molecule has 0 radical (unpaired) electrons. The predicted octanol–water partition coefficient (Wildman–Crippen LogP) is 5.31. The topological polar surface area (TPSA) is 97.5 Å². The maximum absolute atomic E-state index is 14.4. The number of aromatic nitrogens is 1. The molecule has 5 rings (SSSR count). The standard InChI is InChI=1S/C38H53N5O3/c1-5-28-19-27(20-29(6-2)32(28)7-3)24-43(26(4)44)38(46)35(21-31-22-40-34-16-12-11-15-33(31)34)41-37(45)25-42-18-17-39-23-36(42)30-13-9-8-10-14-30/h11-12,15-16,19-20,22,30,35-36,39-40H,5-10,13-14,17-18,21,23-25H2,1-4H3,(H,41,45). The van der Waals surface area contributed by atoms with E-state index in [1.165, 1.54) is 60.6 Å². The molecule has 1 aromatic heterocycles. The summed E-state index contributed by atoms with van der Waals surface area (Å²) in [5, 5.41) is 7.67. The zero-order valence-electron chi connectivity index (χ0n) is 28.3. The number of nitrogens with zero attached hydrogens (tertiary/aromatic N) is 2. The Hall–Kier alpha value is -3.49. The summed E-state index contributed by atoms with van der Waals surface area (Å²) in [7, 11) is 0.